The molecule has 0 spiro atoms. The van der Waals surface area contributed by atoms with E-state index in [2.05, 4.69) is 5.32 Å². The maximum Gasteiger partial charge on any atom is 0.374 e. The summed E-state index contributed by atoms with van der Waals surface area (Å²) in [6.45, 7) is 3.47. The Morgan fingerprint density at radius 2 is 1.48 bits per heavy atom. The molecule has 10 heteroatoms. The number of ketones is 1. The third kappa shape index (κ3) is 7.94. The van der Waals surface area contributed by atoms with Crippen LogP contribution >= 0.6 is 0 Å². The second kappa shape index (κ2) is 11.2. The second-order valence-electron chi connectivity index (χ2n) is 6.86. The molecule has 0 aliphatic rings. The Labute approximate surface area is 166 Å². The number of carboxylic acid groups (broad SMARTS) is 1. The highest BCUT2D eigenvalue weighted by Crippen LogP contribution is 2.14. The Kier molecular flexibility index (Phi) is 9.33. The highest BCUT2D eigenvalue weighted by atomic mass is 19.3. The van der Waals surface area contributed by atoms with E-state index in [-0.39, 0.29) is 17.9 Å². The molecule has 0 saturated heterocycles. The van der Waals surface area contributed by atoms with Gasteiger partial charge in [-0.15, -0.1) is 0 Å². The van der Waals surface area contributed by atoms with Crippen LogP contribution in [0.15, 0.2) is 30.3 Å². The van der Waals surface area contributed by atoms with Gasteiger partial charge in [0.15, 0.2) is 6.10 Å². The average Bonchev–Trinajstić information content (AvgIpc) is 2.65. The molecule has 0 radical (unpaired) electrons. The maximum absolute atomic E-state index is 12.7. The summed E-state index contributed by atoms with van der Waals surface area (Å²) in [5.74, 6) is -5.55. The van der Waals surface area contributed by atoms with Gasteiger partial charge in [0, 0.05) is 6.42 Å². The van der Waals surface area contributed by atoms with Crippen molar-refractivity contribution >= 4 is 23.6 Å². The summed E-state index contributed by atoms with van der Waals surface area (Å²) >= 11 is 0. The fraction of sp³-hybridized carbons (Fsp3) is 0.474. The van der Waals surface area contributed by atoms with Crippen LogP contribution < -0.4 is 10.6 Å². The molecule has 3 atom stereocenters. The van der Waals surface area contributed by atoms with Crippen molar-refractivity contribution in [1.29, 1.82) is 0 Å². The summed E-state index contributed by atoms with van der Waals surface area (Å²) in [5, 5.41) is 23.2. The van der Waals surface area contributed by atoms with Crippen LogP contribution in [0.25, 0.3) is 0 Å². The zero-order chi connectivity index (χ0) is 22.1. The van der Waals surface area contributed by atoms with Gasteiger partial charge in [-0.05, 0) is 17.9 Å². The van der Waals surface area contributed by atoms with Crippen molar-refractivity contribution in [2.24, 2.45) is 5.92 Å². The van der Waals surface area contributed by atoms with Crippen LogP contribution in [0.3, 0.4) is 0 Å². The van der Waals surface area contributed by atoms with Crippen molar-refractivity contribution in [3.63, 3.8) is 0 Å². The highest BCUT2D eigenvalue weighted by Gasteiger charge is 2.33. The number of alkyl halides is 2. The molecular formula is C19H24F2N2O6. The normalized spacial score (nSPS) is 14.2. The number of hydrogen-bond donors (Lipinski definition) is 4. The van der Waals surface area contributed by atoms with Gasteiger partial charge in [-0.1, -0.05) is 44.2 Å². The van der Waals surface area contributed by atoms with Crippen LogP contribution in [0.2, 0.25) is 0 Å². The molecule has 1 aromatic carbocycles. The second-order valence-corrected chi connectivity index (χ2v) is 6.86. The fourth-order valence-electron chi connectivity index (χ4n) is 2.57. The van der Waals surface area contributed by atoms with Crippen LogP contribution in [-0.4, -0.2) is 52.3 Å². The van der Waals surface area contributed by atoms with Crippen LogP contribution in [0.1, 0.15) is 38.4 Å². The molecule has 160 valence electrons. The lowest BCUT2D eigenvalue weighted by Crippen LogP contribution is -2.54. The summed E-state index contributed by atoms with van der Waals surface area (Å²) in [4.78, 5) is 47.2. The number of carbonyl (C=O) groups is 4. The predicted molar refractivity (Wildman–Crippen MR) is 98.0 cm³/mol. The van der Waals surface area contributed by atoms with Gasteiger partial charge in [0.05, 0.1) is 0 Å². The number of nitrogens with one attached hydrogen (secondary N) is 2. The first-order valence-electron chi connectivity index (χ1n) is 8.92. The Morgan fingerprint density at radius 3 is 1.97 bits per heavy atom. The largest absolute Gasteiger partial charge is 0.475 e. The molecule has 0 aromatic heterocycles. The predicted octanol–water partition coefficient (Wildman–Crippen LogP) is 1.04. The van der Waals surface area contributed by atoms with Gasteiger partial charge < -0.3 is 20.8 Å². The van der Waals surface area contributed by atoms with E-state index in [0.29, 0.717) is 0 Å². The number of carbonyl (C=O) groups excluding carboxylic acids is 3. The van der Waals surface area contributed by atoms with E-state index >= 15 is 0 Å². The number of aliphatic carboxylic acids is 1. The third-order valence-corrected chi connectivity index (χ3v) is 3.96. The van der Waals surface area contributed by atoms with Gasteiger partial charge in [-0.2, -0.15) is 0 Å². The minimum absolute atomic E-state index is 0.0712. The van der Waals surface area contributed by atoms with Crippen LogP contribution in [0.4, 0.5) is 8.78 Å². The van der Waals surface area contributed by atoms with Gasteiger partial charge in [-0.25, -0.2) is 13.6 Å². The molecule has 0 aliphatic heterocycles. The first-order valence-corrected chi connectivity index (χ1v) is 8.92. The van der Waals surface area contributed by atoms with E-state index in [1.807, 2.05) is 5.32 Å². The SMILES string of the molecule is CC(C)C[C@H](NC(=O)[C@H](O)c1ccccc1)C(=O)N[C@@H](CC(F)F)C(=O)C(=O)O. The molecule has 0 unspecified atom stereocenters. The molecule has 0 fully saturated rings. The molecule has 1 aromatic rings. The van der Waals surface area contributed by atoms with Gasteiger partial charge in [0.2, 0.25) is 12.3 Å². The first-order chi connectivity index (χ1) is 13.5. The van der Waals surface area contributed by atoms with Gasteiger partial charge in [-0.3, -0.25) is 14.4 Å². The smallest absolute Gasteiger partial charge is 0.374 e. The topological polar surface area (TPSA) is 133 Å². The Bertz CT molecular complexity index is 727. The molecule has 0 heterocycles. The van der Waals surface area contributed by atoms with Crippen molar-refractivity contribution < 1.29 is 38.2 Å². The lowest BCUT2D eigenvalue weighted by Gasteiger charge is -2.24. The standard InChI is InChI=1S/C19H24F2N2O6/c1-10(2)8-13(23-18(27)15(24)11-6-4-3-5-7-11)17(26)22-12(9-14(20)21)16(25)19(28)29/h3-7,10,12-15,24H,8-9H2,1-2H3,(H,22,26)(H,23,27)(H,28,29)/t12-,13-,15+/m0/s1. The average molecular weight is 414 g/mol. The number of Topliss-reactive ketones (excluding diaryl/α,β-unsaturated/α-hetero) is 1. The van der Waals surface area contributed by atoms with Crippen molar-refractivity contribution in [3.05, 3.63) is 35.9 Å². The Balaban J connectivity index is 2.94. The summed E-state index contributed by atoms with van der Waals surface area (Å²) < 4.78 is 25.3. The number of amides is 2. The monoisotopic (exact) mass is 414 g/mol. The lowest BCUT2D eigenvalue weighted by molar-refractivity contribution is -0.151. The molecule has 0 aliphatic carbocycles. The lowest BCUT2D eigenvalue weighted by atomic mass is 10.0. The quantitative estimate of drug-likeness (QED) is 0.400. The molecule has 0 bridgehead atoms. The number of carboxylic acids is 1. The minimum atomic E-state index is -3.03. The molecule has 4 N–H and O–H groups in total. The summed E-state index contributed by atoms with van der Waals surface area (Å²) in [6, 6.07) is 4.71. The van der Waals surface area contributed by atoms with Gasteiger partial charge >= 0.3 is 5.97 Å². The minimum Gasteiger partial charge on any atom is -0.475 e. The van der Waals surface area contributed by atoms with Crippen molar-refractivity contribution in [2.75, 3.05) is 0 Å². The Hall–Kier alpha value is -2.88. The van der Waals surface area contributed by atoms with Crippen LogP contribution in [0, 0.1) is 5.92 Å². The third-order valence-electron chi connectivity index (χ3n) is 3.96. The van der Waals surface area contributed by atoms with E-state index in [0.717, 1.165) is 0 Å². The first kappa shape index (κ1) is 24.2. The van der Waals surface area contributed by atoms with Crippen molar-refractivity contribution in [2.45, 2.75) is 51.3 Å². The zero-order valence-electron chi connectivity index (χ0n) is 16.0. The maximum atomic E-state index is 12.7. The van der Waals surface area contributed by atoms with Crippen molar-refractivity contribution in [1.82, 2.24) is 10.6 Å². The van der Waals surface area contributed by atoms with Gasteiger partial charge in [0.25, 0.3) is 11.7 Å². The van der Waals surface area contributed by atoms with E-state index in [1.165, 1.54) is 12.1 Å². The number of hydrogen-bond acceptors (Lipinski definition) is 5. The fourth-order valence-corrected chi connectivity index (χ4v) is 2.57. The number of benzene rings is 1. The van der Waals surface area contributed by atoms with E-state index in [4.69, 9.17) is 5.11 Å². The van der Waals surface area contributed by atoms with E-state index < -0.39 is 54.6 Å². The molecule has 1 rings (SSSR count). The number of aliphatic hydroxyl groups excluding tert-OH is 1. The molecule has 2 amide bonds. The number of rotatable bonds is 11. The molecule has 0 saturated carbocycles. The number of halogens is 2. The molecule has 8 nitrogen and oxygen atoms in total. The summed E-state index contributed by atoms with van der Waals surface area (Å²) in [6.07, 6.45) is -5.70. The highest BCUT2D eigenvalue weighted by molar-refractivity contribution is 6.35. The van der Waals surface area contributed by atoms with E-state index in [1.54, 1.807) is 32.0 Å². The number of aliphatic hydroxyl groups is 1. The van der Waals surface area contributed by atoms with Crippen LogP contribution in [-0.2, 0) is 19.2 Å². The van der Waals surface area contributed by atoms with E-state index in [9.17, 15) is 33.1 Å². The van der Waals surface area contributed by atoms with Gasteiger partial charge in [0.1, 0.15) is 12.1 Å². The summed E-state index contributed by atoms with van der Waals surface area (Å²) in [7, 11) is 0. The summed E-state index contributed by atoms with van der Waals surface area (Å²) in [5.41, 5.74) is 0.283. The Morgan fingerprint density at radius 1 is 0.931 bits per heavy atom. The van der Waals surface area contributed by atoms with Crippen molar-refractivity contribution in [3.8, 4) is 0 Å². The molecule has 29 heavy (non-hydrogen) atoms. The molecular weight excluding hydrogens is 390 g/mol. The van der Waals surface area contributed by atoms with Crippen LogP contribution in [0.5, 0.6) is 0 Å². The zero-order valence-corrected chi connectivity index (χ0v) is 16.0.